The largest absolute Gasteiger partial charge is 0.344 e. The van der Waals surface area contributed by atoms with Gasteiger partial charge in [0.2, 0.25) is 5.91 Å². The highest BCUT2D eigenvalue weighted by molar-refractivity contribution is 5.82. The minimum Gasteiger partial charge on any atom is -0.344 e. The number of piperazine rings is 1. The maximum Gasteiger partial charge on any atom is 0.242 e. The zero-order valence-corrected chi connectivity index (χ0v) is 13.3. The van der Waals surface area contributed by atoms with Crippen LogP contribution in [0.15, 0.2) is 30.5 Å². The average molecular weight is 314 g/mol. The Hall–Kier alpha value is -2.50. The number of hydrogen-bond donors (Lipinski definition) is 0. The van der Waals surface area contributed by atoms with Crippen LogP contribution in [0.4, 0.5) is 10.2 Å². The SMILES string of the molecule is Cc1cnc(C)c(N2CCN(Cc3cccc(F)c3)C(=O)C2)n1. The van der Waals surface area contributed by atoms with Crippen molar-refractivity contribution in [2.45, 2.75) is 20.4 Å². The molecule has 3 rings (SSSR count). The average Bonchev–Trinajstić information content (AvgIpc) is 2.52. The Labute approximate surface area is 134 Å². The number of halogens is 1. The van der Waals surface area contributed by atoms with Crippen LogP contribution >= 0.6 is 0 Å². The van der Waals surface area contributed by atoms with Gasteiger partial charge in [-0.25, -0.2) is 9.37 Å². The molecule has 1 aliphatic heterocycles. The molecule has 1 aliphatic rings. The topological polar surface area (TPSA) is 49.3 Å². The number of carbonyl (C=O) groups excluding carboxylic acids is 1. The lowest BCUT2D eigenvalue weighted by Gasteiger charge is -2.35. The molecule has 23 heavy (non-hydrogen) atoms. The van der Waals surface area contributed by atoms with E-state index < -0.39 is 0 Å². The van der Waals surface area contributed by atoms with Gasteiger partial charge in [-0.1, -0.05) is 12.1 Å². The number of amides is 1. The number of benzene rings is 1. The molecule has 0 saturated carbocycles. The van der Waals surface area contributed by atoms with Crippen molar-refractivity contribution < 1.29 is 9.18 Å². The van der Waals surface area contributed by atoms with Gasteiger partial charge in [0.05, 0.1) is 17.9 Å². The number of hydrogen-bond acceptors (Lipinski definition) is 4. The van der Waals surface area contributed by atoms with E-state index in [0.29, 0.717) is 19.6 Å². The molecule has 0 bridgehead atoms. The van der Waals surface area contributed by atoms with Crippen molar-refractivity contribution in [3.8, 4) is 0 Å². The lowest BCUT2D eigenvalue weighted by molar-refractivity contribution is -0.131. The molecule has 5 nitrogen and oxygen atoms in total. The van der Waals surface area contributed by atoms with E-state index in [-0.39, 0.29) is 18.3 Å². The molecule has 0 radical (unpaired) electrons. The summed E-state index contributed by atoms with van der Waals surface area (Å²) in [5.74, 6) is 0.506. The summed E-state index contributed by atoms with van der Waals surface area (Å²) in [5.41, 5.74) is 2.46. The van der Waals surface area contributed by atoms with E-state index in [9.17, 15) is 9.18 Å². The molecule has 0 atom stereocenters. The number of aromatic nitrogens is 2. The zero-order chi connectivity index (χ0) is 16.4. The first-order valence-corrected chi connectivity index (χ1v) is 7.60. The van der Waals surface area contributed by atoms with Gasteiger partial charge in [-0.3, -0.25) is 9.78 Å². The smallest absolute Gasteiger partial charge is 0.242 e. The zero-order valence-electron chi connectivity index (χ0n) is 13.3. The fourth-order valence-electron chi connectivity index (χ4n) is 2.74. The quantitative estimate of drug-likeness (QED) is 0.870. The van der Waals surface area contributed by atoms with E-state index >= 15 is 0 Å². The van der Waals surface area contributed by atoms with Crippen LogP contribution in [0.25, 0.3) is 0 Å². The molecular weight excluding hydrogens is 295 g/mol. The molecule has 0 unspecified atom stereocenters. The Balaban J connectivity index is 1.70. The molecule has 1 fully saturated rings. The number of aryl methyl sites for hydroxylation is 2. The standard InChI is InChI=1S/C17H19FN4O/c1-12-9-19-13(2)17(20-12)22-7-6-21(16(23)11-22)10-14-4-3-5-15(18)8-14/h3-5,8-9H,6-7,10-11H2,1-2H3. The Kier molecular flexibility index (Phi) is 4.23. The fraction of sp³-hybridized carbons (Fsp3) is 0.353. The Morgan fingerprint density at radius 3 is 2.83 bits per heavy atom. The normalized spacial score (nSPS) is 15.2. The third-order valence-corrected chi connectivity index (χ3v) is 3.93. The monoisotopic (exact) mass is 314 g/mol. The van der Waals surface area contributed by atoms with Gasteiger partial charge in [0.1, 0.15) is 5.82 Å². The number of carbonyl (C=O) groups is 1. The number of nitrogens with zero attached hydrogens (tertiary/aromatic N) is 4. The maximum atomic E-state index is 13.3. The third-order valence-electron chi connectivity index (χ3n) is 3.93. The van der Waals surface area contributed by atoms with Crippen molar-refractivity contribution in [2.24, 2.45) is 0 Å². The van der Waals surface area contributed by atoms with Gasteiger partial charge < -0.3 is 9.80 Å². The van der Waals surface area contributed by atoms with Gasteiger partial charge in [0.15, 0.2) is 5.82 Å². The van der Waals surface area contributed by atoms with Crippen LogP contribution in [-0.4, -0.2) is 40.4 Å². The Bertz CT molecular complexity index is 734. The molecule has 1 aromatic carbocycles. The molecule has 2 aromatic rings. The summed E-state index contributed by atoms with van der Waals surface area (Å²) in [6.07, 6.45) is 1.72. The fourth-order valence-corrected chi connectivity index (χ4v) is 2.74. The lowest BCUT2D eigenvalue weighted by Crippen LogP contribution is -2.50. The highest BCUT2D eigenvalue weighted by Gasteiger charge is 2.26. The van der Waals surface area contributed by atoms with Crippen LogP contribution < -0.4 is 4.90 Å². The summed E-state index contributed by atoms with van der Waals surface area (Å²) in [6.45, 7) is 5.77. The van der Waals surface area contributed by atoms with E-state index in [1.54, 1.807) is 17.2 Å². The summed E-state index contributed by atoms with van der Waals surface area (Å²) < 4.78 is 13.3. The maximum absolute atomic E-state index is 13.3. The van der Waals surface area contributed by atoms with Gasteiger partial charge in [0.25, 0.3) is 0 Å². The first kappa shape index (κ1) is 15.4. The van der Waals surface area contributed by atoms with Crippen molar-refractivity contribution in [1.82, 2.24) is 14.9 Å². The Morgan fingerprint density at radius 1 is 1.26 bits per heavy atom. The second kappa shape index (κ2) is 6.32. The summed E-state index contributed by atoms with van der Waals surface area (Å²) >= 11 is 0. The van der Waals surface area contributed by atoms with Crippen LogP contribution in [0.1, 0.15) is 17.0 Å². The molecule has 1 saturated heterocycles. The number of rotatable bonds is 3. The third kappa shape index (κ3) is 3.47. The predicted molar refractivity (Wildman–Crippen MR) is 85.5 cm³/mol. The molecule has 1 aromatic heterocycles. The lowest BCUT2D eigenvalue weighted by atomic mass is 10.2. The second-order valence-electron chi connectivity index (χ2n) is 5.79. The van der Waals surface area contributed by atoms with E-state index in [4.69, 9.17) is 0 Å². The van der Waals surface area contributed by atoms with Crippen molar-refractivity contribution in [1.29, 1.82) is 0 Å². The van der Waals surface area contributed by atoms with Gasteiger partial charge in [-0.2, -0.15) is 0 Å². The summed E-state index contributed by atoms with van der Waals surface area (Å²) in [4.78, 5) is 24.9. The van der Waals surface area contributed by atoms with E-state index in [1.807, 2.05) is 24.8 Å². The molecule has 0 spiro atoms. The van der Waals surface area contributed by atoms with Crippen LogP contribution in [0.5, 0.6) is 0 Å². The highest BCUT2D eigenvalue weighted by Crippen LogP contribution is 2.19. The van der Waals surface area contributed by atoms with Crippen molar-refractivity contribution in [2.75, 3.05) is 24.5 Å². The second-order valence-corrected chi connectivity index (χ2v) is 5.79. The van der Waals surface area contributed by atoms with E-state index in [0.717, 1.165) is 22.8 Å². The summed E-state index contributed by atoms with van der Waals surface area (Å²) in [5, 5.41) is 0. The van der Waals surface area contributed by atoms with Gasteiger partial charge in [-0.05, 0) is 31.5 Å². The van der Waals surface area contributed by atoms with Gasteiger partial charge in [0, 0.05) is 25.8 Å². The van der Waals surface area contributed by atoms with Gasteiger partial charge >= 0.3 is 0 Å². The minimum absolute atomic E-state index is 0.0169. The van der Waals surface area contributed by atoms with Crippen LogP contribution in [0, 0.1) is 19.7 Å². The highest BCUT2D eigenvalue weighted by atomic mass is 19.1. The molecule has 6 heteroatoms. The van der Waals surface area contributed by atoms with Crippen LogP contribution in [0.3, 0.4) is 0 Å². The minimum atomic E-state index is -0.278. The molecule has 2 heterocycles. The molecule has 1 amide bonds. The van der Waals surface area contributed by atoms with Crippen LogP contribution in [-0.2, 0) is 11.3 Å². The number of anilines is 1. The summed E-state index contributed by atoms with van der Waals surface area (Å²) in [6, 6.07) is 6.37. The van der Waals surface area contributed by atoms with Crippen molar-refractivity contribution in [3.63, 3.8) is 0 Å². The predicted octanol–water partition coefficient (Wildman–Crippen LogP) is 2.08. The first-order chi connectivity index (χ1) is 11.0. The Morgan fingerprint density at radius 2 is 2.09 bits per heavy atom. The van der Waals surface area contributed by atoms with Crippen molar-refractivity contribution in [3.05, 3.63) is 53.2 Å². The van der Waals surface area contributed by atoms with Crippen molar-refractivity contribution >= 4 is 11.7 Å². The molecule has 0 N–H and O–H groups in total. The van der Waals surface area contributed by atoms with E-state index in [2.05, 4.69) is 9.97 Å². The molecule has 0 aliphatic carbocycles. The summed E-state index contributed by atoms with van der Waals surface area (Å²) in [7, 11) is 0. The van der Waals surface area contributed by atoms with E-state index in [1.165, 1.54) is 12.1 Å². The first-order valence-electron chi connectivity index (χ1n) is 7.60. The van der Waals surface area contributed by atoms with Crippen LogP contribution in [0.2, 0.25) is 0 Å². The molecular formula is C17H19FN4O. The molecule has 120 valence electrons. The van der Waals surface area contributed by atoms with Gasteiger partial charge in [-0.15, -0.1) is 0 Å².